The summed E-state index contributed by atoms with van der Waals surface area (Å²) in [5, 5.41) is 40.7. The van der Waals surface area contributed by atoms with Gasteiger partial charge in [0.2, 0.25) is 5.91 Å². The smallest absolute Gasteiger partial charge is 0.303 e. The lowest BCUT2D eigenvalue weighted by atomic mass is 9.96. The Bertz CT molecular complexity index is 1410. The zero-order valence-electron chi connectivity index (χ0n) is 61.4. The quantitative estimate of drug-likeness (QED) is 0.0505. The number of aromatic hydroxyl groups is 1. The molecule has 0 bridgehead atoms. The Morgan fingerprint density at radius 1 is 0.600 bits per heavy atom. The Hall–Kier alpha value is -3.13. The van der Waals surface area contributed by atoms with Gasteiger partial charge in [0.15, 0.2) is 0 Å². The van der Waals surface area contributed by atoms with E-state index in [1.807, 2.05) is 99.3 Å². The molecule has 1 aromatic heterocycles. The summed E-state index contributed by atoms with van der Waals surface area (Å²) in [6, 6.07) is 7.40. The average molecular weight is 1240 g/mol. The van der Waals surface area contributed by atoms with Gasteiger partial charge < -0.3 is 42.6 Å². The molecule has 85 heavy (non-hydrogen) atoms. The number of aromatic nitrogens is 2. The number of nitrogens with zero attached hydrogens (tertiary/aromatic N) is 1. The van der Waals surface area contributed by atoms with E-state index in [4.69, 9.17) is 43.0 Å². The largest absolute Gasteiger partial charge is 0.508 e. The number of carbonyl (C=O) groups is 2. The van der Waals surface area contributed by atoms with Crippen molar-refractivity contribution in [2.75, 3.05) is 25.2 Å². The van der Waals surface area contributed by atoms with E-state index in [0.29, 0.717) is 60.2 Å². The number of aromatic amines is 1. The summed E-state index contributed by atoms with van der Waals surface area (Å²) < 4.78 is 0. The number of carbonyl (C=O) groups excluding carboxylic acids is 1. The number of carboxylic acid groups (broad SMARTS) is 1. The van der Waals surface area contributed by atoms with Gasteiger partial charge >= 0.3 is 5.97 Å². The van der Waals surface area contributed by atoms with Crippen molar-refractivity contribution in [3.8, 4) is 5.75 Å². The van der Waals surface area contributed by atoms with Gasteiger partial charge in [-0.3, -0.25) is 15.0 Å². The molecule has 2 aromatic rings. The van der Waals surface area contributed by atoms with Crippen molar-refractivity contribution in [2.45, 2.75) is 293 Å². The number of rotatable bonds is 18. The summed E-state index contributed by atoms with van der Waals surface area (Å²) in [6.45, 7) is 68.8. The second-order valence-electron chi connectivity index (χ2n) is 26.5. The fourth-order valence-electron chi connectivity index (χ4n) is 3.70. The maximum absolute atomic E-state index is 10.0. The Kier molecular flexibility index (Phi) is 110. The number of carboxylic acids is 1. The first-order valence-electron chi connectivity index (χ1n) is 31.9. The van der Waals surface area contributed by atoms with Gasteiger partial charge in [0.25, 0.3) is 0 Å². The van der Waals surface area contributed by atoms with Crippen molar-refractivity contribution in [1.82, 2.24) is 9.97 Å². The third-order valence-electron chi connectivity index (χ3n) is 10.4. The van der Waals surface area contributed by atoms with E-state index in [1.165, 1.54) is 36.3 Å². The van der Waals surface area contributed by atoms with Gasteiger partial charge in [0.1, 0.15) is 5.75 Å². The number of aliphatic hydroxyl groups is 2. The Labute approximate surface area is 538 Å². The van der Waals surface area contributed by atoms with Crippen LogP contribution < -0.4 is 17.2 Å². The third-order valence-corrected chi connectivity index (χ3v) is 11.0. The number of aliphatic hydroxyl groups excluding tert-OH is 2. The first-order valence-corrected chi connectivity index (χ1v) is 33.3. The zero-order valence-corrected chi connectivity index (χ0v) is 62.2. The number of nitrogens with two attached hydrogens (primary N) is 3. The van der Waals surface area contributed by atoms with E-state index < -0.39 is 5.97 Å². The molecule has 520 valence electrons. The SMILES string of the molecule is C.C.CC(C)C.CC(C)C(C)C.CC(C)C(C)O.CC(C)CC(=N)N.CC(C)CC(=O)O.CC(C)CC(N)=O.CC(C)CN.CC(C)CO.CC(C)Cc1ccc(O)cc1.CC(C)c1cnc[nH]1.CCC.CCC(C)C(C)C.CSCCC(C)C. The minimum atomic E-state index is -0.713. The van der Waals surface area contributed by atoms with Crippen LogP contribution in [0, 0.1) is 82.3 Å². The molecule has 0 fully saturated rings. The van der Waals surface area contributed by atoms with Gasteiger partial charge in [-0.2, -0.15) is 11.8 Å². The first kappa shape index (κ1) is 113. The molecule has 0 radical (unpaired) electrons. The van der Waals surface area contributed by atoms with Crippen molar-refractivity contribution in [2.24, 2.45) is 94.1 Å². The molecule has 1 aromatic carbocycles. The lowest BCUT2D eigenvalue weighted by Crippen LogP contribution is -2.12. The van der Waals surface area contributed by atoms with Crippen LogP contribution in [0.5, 0.6) is 5.75 Å². The molecular formula is C72H160N6O6S. The Balaban J connectivity index is -0.0000000606. The van der Waals surface area contributed by atoms with E-state index in [-0.39, 0.29) is 45.0 Å². The van der Waals surface area contributed by atoms with Gasteiger partial charge in [-0.25, -0.2) is 4.98 Å². The van der Waals surface area contributed by atoms with Crippen LogP contribution in [-0.4, -0.2) is 79.4 Å². The second-order valence-corrected chi connectivity index (χ2v) is 27.5. The second kappa shape index (κ2) is 82.9. The lowest BCUT2D eigenvalue weighted by Gasteiger charge is -2.10. The molecule has 2 rings (SSSR count). The number of imidazole rings is 1. The topological polar surface area (TPSA) is 246 Å². The number of thioether (sulfide) groups is 1. The van der Waals surface area contributed by atoms with E-state index in [9.17, 15) is 9.59 Å². The van der Waals surface area contributed by atoms with E-state index in [1.54, 1.807) is 25.4 Å². The number of amides is 1. The molecule has 0 saturated carbocycles. The van der Waals surface area contributed by atoms with E-state index >= 15 is 0 Å². The number of hydrogen-bond acceptors (Lipinski definition) is 9. The maximum atomic E-state index is 10.0. The standard InChI is InChI=1S/C10H14O.C7H16.C6H10N2.C6H14S.C6H14.C5H12N2.C5H11NO.C5H10O2.C5H12O.C4H11N.C4H10O.C4H10.C3H8.2CH4/c1-8(2)7-9-3-5-10(11)6-4-9;1-5-7(4)6(2)3;1-5(2)6-3-7-4-8-6;1-6(2)4-5-7-3;1-5(2)6(3)4;3*1-4(2)3-5(6)7;1-4(2)5(3)6;2*1-4(2)3-5;1-4(2)3;1-3-2;;/h3-6,8,11H,7H2,1-2H3;6-7H,5H2,1-4H3;3-5H,1-2H3,(H,7,8);6H,4-5H2,1-3H3;5-6H,1-4H3;4H,3H2,1-2H3,(H3,6,7);4H,3H2,1-2H3,(H2,6,7);4H,3H2,1-2H3,(H,6,7);4-6H,1-3H3;4H,3,5H2,1-2H3;4-5H,3H2,1-2H3;4H,1-3H3;3H2,1-2H3;2*1H4. The highest BCUT2D eigenvalue weighted by Gasteiger charge is 2.02. The van der Waals surface area contributed by atoms with Crippen LogP contribution in [0.1, 0.15) is 292 Å². The molecule has 1 heterocycles. The van der Waals surface area contributed by atoms with Crippen LogP contribution in [0.4, 0.5) is 0 Å². The highest BCUT2D eigenvalue weighted by atomic mass is 32.2. The summed E-state index contributed by atoms with van der Waals surface area (Å²) in [5.41, 5.74) is 17.6. The van der Waals surface area contributed by atoms with Crippen LogP contribution in [0.3, 0.4) is 0 Å². The van der Waals surface area contributed by atoms with Crippen LogP contribution in [0.25, 0.3) is 0 Å². The monoisotopic (exact) mass is 1240 g/mol. The van der Waals surface area contributed by atoms with Gasteiger partial charge in [0, 0.05) is 37.8 Å². The zero-order chi connectivity index (χ0) is 68.6. The minimum Gasteiger partial charge on any atom is -0.508 e. The summed E-state index contributed by atoms with van der Waals surface area (Å²) in [5.74, 6) is 10.2. The van der Waals surface area contributed by atoms with Gasteiger partial charge in [-0.15, -0.1) is 0 Å². The predicted molar refractivity (Wildman–Crippen MR) is 391 cm³/mol. The number of hydrogen-bond donors (Lipinski definition) is 9. The van der Waals surface area contributed by atoms with Crippen LogP contribution in [0.15, 0.2) is 36.8 Å². The Morgan fingerprint density at radius 2 is 0.953 bits per heavy atom. The fraction of sp³-hybridized carbons (Fsp3) is 0.833. The van der Waals surface area contributed by atoms with Crippen LogP contribution in [0.2, 0.25) is 0 Å². The molecule has 0 aliphatic rings. The van der Waals surface area contributed by atoms with Crippen molar-refractivity contribution in [3.63, 3.8) is 0 Å². The summed E-state index contributed by atoms with van der Waals surface area (Å²) in [7, 11) is 0. The maximum Gasteiger partial charge on any atom is 0.303 e. The number of amidine groups is 1. The average Bonchev–Trinajstić information content (AvgIpc) is 3.88. The van der Waals surface area contributed by atoms with Crippen LogP contribution in [-0.2, 0) is 16.0 Å². The molecule has 2 atom stereocenters. The normalized spacial score (nSPS) is 10.4. The first-order chi connectivity index (χ1) is 37.8. The highest BCUT2D eigenvalue weighted by molar-refractivity contribution is 7.98. The molecule has 12 nitrogen and oxygen atoms in total. The minimum absolute atomic E-state index is 0. The van der Waals surface area contributed by atoms with E-state index in [2.05, 4.69) is 162 Å². The Morgan fingerprint density at radius 3 is 1.05 bits per heavy atom. The number of nitrogens with one attached hydrogen (secondary N) is 2. The molecule has 1 amide bonds. The molecule has 12 N–H and O–H groups in total. The molecule has 0 spiro atoms. The van der Waals surface area contributed by atoms with Crippen molar-refractivity contribution in [3.05, 3.63) is 48.0 Å². The van der Waals surface area contributed by atoms with E-state index in [0.717, 1.165) is 54.9 Å². The van der Waals surface area contributed by atoms with Gasteiger partial charge in [0.05, 0.1) is 18.3 Å². The molecule has 2 unspecified atom stereocenters. The van der Waals surface area contributed by atoms with Crippen molar-refractivity contribution >= 4 is 29.5 Å². The summed E-state index contributed by atoms with van der Waals surface area (Å²) in [4.78, 5) is 26.8. The summed E-state index contributed by atoms with van der Waals surface area (Å²) in [6.07, 6.45) is 12.1. The number of aliphatic carboxylic acids is 1. The molecule has 0 aliphatic heterocycles. The molecule has 13 heteroatoms. The highest BCUT2D eigenvalue weighted by Crippen LogP contribution is 2.14. The van der Waals surface area contributed by atoms with Crippen molar-refractivity contribution < 1.29 is 30.0 Å². The van der Waals surface area contributed by atoms with Crippen LogP contribution >= 0.6 is 11.8 Å². The number of H-pyrrole nitrogens is 1. The number of phenols is 1. The summed E-state index contributed by atoms with van der Waals surface area (Å²) >= 11 is 1.93. The van der Waals surface area contributed by atoms with Gasteiger partial charge in [-0.1, -0.05) is 254 Å². The third kappa shape index (κ3) is 161. The fourth-order valence-corrected chi connectivity index (χ4v) is 4.41. The molecule has 0 aliphatic carbocycles. The number of phenolic OH excluding ortho intramolecular Hbond substituents is 1. The number of benzene rings is 1. The number of primary amides is 1. The molecule has 0 saturated heterocycles. The predicted octanol–water partition coefficient (Wildman–Crippen LogP) is 20.7. The molecular weight excluding hydrogens is 1080 g/mol. The van der Waals surface area contributed by atoms with Gasteiger partial charge in [-0.05, 0) is 139 Å². The van der Waals surface area contributed by atoms with Crippen molar-refractivity contribution in [1.29, 1.82) is 5.41 Å². The lowest BCUT2D eigenvalue weighted by molar-refractivity contribution is -0.137.